The van der Waals surface area contributed by atoms with Gasteiger partial charge in [0.2, 0.25) is 0 Å². The molecular formula is C25H19ClN4O3. The Morgan fingerprint density at radius 2 is 1.67 bits per heavy atom. The largest absolute Gasteiger partial charge is 0.497 e. The molecule has 8 heteroatoms. The molecule has 0 fully saturated rings. The first-order valence-electron chi connectivity index (χ1n) is 10.3. The van der Waals surface area contributed by atoms with Crippen molar-refractivity contribution in [3.05, 3.63) is 64.9 Å². The second kappa shape index (κ2) is 7.84. The summed E-state index contributed by atoms with van der Waals surface area (Å²) in [5, 5.41) is 13.6. The van der Waals surface area contributed by atoms with Gasteiger partial charge in [0.05, 0.1) is 30.7 Å². The molecule has 0 saturated heterocycles. The molecule has 0 spiro atoms. The predicted octanol–water partition coefficient (Wildman–Crippen LogP) is 4.28. The van der Waals surface area contributed by atoms with Crippen molar-refractivity contribution in [2.45, 2.75) is 13.0 Å². The molecule has 1 aliphatic rings. The van der Waals surface area contributed by atoms with Crippen LogP contribution in [-0.2, 0) is 23.2 Å². The van der Waals surface area contributed by atoms with Crippen LogP contribution in [0.3, 0.4) is 0 Å². The second-order valence-corrected chi connectivity index (χ2v) is 8.31. The number of nitriles is 1. The Morgan fingerprint density at radius 3 is 2.36 bits per heavy atom. The number of carbonyl (C=O) groups excluding carboxylic acids is 2. The summed E-state index contributed by atoms with van der Waals surface area (Å²) in [6.45, 7) is 0.457. The highest BCUT2D eigenvalue weighted by atomic mass is 35.5. The van der Waals surface area contributed by atoms with Crippen LogP contribution in [0.2, 0.25) is 5.02 Å². The van der Waals surface area contributed by atoms with E-state index in [0.717, 1.165) is 21.8 Å². The van der Waals surface area contributed by atoms with Crippen LogP contribution < -0.4 is 10.1 Å². The lowest BCUT2D eigenvalue weighted by Crippen LogP contribution is -2.22. The van der Waals surface area contributed by atoms with Gasteiger partial charge in [-0.15, -0.1) is 0 Å². The average molecular weight is 459 g/mol. The zero-order valence-corrected chi connectivity index (χ0v) is 18.7. The maximum absolute atomic E-state index is 13.1. The third-order valence-corrected chi connectivity index (χ3v) is 6.21. The van der Waals surface area contributed by atoms with E-state index in [0.29, 0.717) is 46.0 Å². The maximum atomic E-state index is 13.1. The van der Waals surface area contributed by atoms with Gasteiger partial charge in [0, 0.05) is 63.9 Å². The molecule has 2 aromatic heterocycles. The summed E-state index contributed by atoms with van der Waals surface area (Å²) in [7, 11) is 3.47. The molecule has 33 heavy (non-hydrogen) atoms. The van der Waals surface area contributed by atoms with Crippen molar-refractivity contribution in [1.82, 2.24) is 14.5 Å². The summed E-state index contributed by atoms with van der Waals surface area (Å²) in [5.41, 5.74) is 3.58. The van der Waals surface area contributed by atoms with Gasteiger partial charge in [0.15, 0.2) is 0 Å². The number of nitrogens with one attached hydrogen (secondary N) is 1. The number of fused-ring (bicyclic) bond motifs is 2. The highest BCUT2D eigenvalue weighted by molar-refractivity contribution is 6.51. The van der Waals surface area contributed by atoms with Gasteiger partial charge < -0.3 is 13.9 Å². The topological polar surface area (TPSA) is 89.1 Å². The maximum Gasteiger partial charge on any atom is 0.259 e. The minimum atomic E-state index is -0.464. The molecule has 0 saturated carbocycles. The predicted molar refractivity (Wildman–Crippen MR) is 127 cm³/mol. The minimum Gasteiger partial charge on any atom is -0.497 e. The number of aromatic nitrogens is 2. The van der Waals surface area contributed by atoms with Gasteiger partial charge in [-0.05, 0) is 36.4 Å². The fourth-order valence-electron chi connectivity index (χ4n) is 4.49. The van der Waals surface area contributed by atoms with Crippen LogP contribution in [-0.4, -0.2) is 28.1 Å². The Hall–Kier alpha value is -4.02. The van der Waals surface area contributed by atoms with Gasteiger partial charge in [0.25, 0.3) is 11.8 Å². The van der Waals surface area contributed by atoms with Gasteiger partial charge >= 0.3 is 0 Å². The summed E-state index contributed by atoms with van der Waals surface area (Å²) in [4.78, 5) is 26.1. The van der Waals surface area contributed by atoms with Crippen LogP contribution in [0, 0.1) is 11.3 Å². The third-order valence-electron chi connectivity index (χ3n) is 5.97. The number of aryl methyl sites for hydroxylation is 2. The van der Waals surface area contributed by atoms with E-state index in [1.807, 2.05) is 52.8 Å². The monoisotopic (exact) mass is 458 g/mol. The number of carbonyl (C=O) groups is 2. The normalized spacial score (nSPS) is 13.8. The van der Waals surface area contributed by atoms with Crippen molar-refractivity contribution in [3.8, 4) is 11.8 Å². The molecule has 4 aromatic rings. The Labute approximate surface area is 194 Å². The summed E-state index contributed by atoms with van der Waals surface area (Å²) >= 11 is 6.28. The van der Waals surface area contributed by atoms with E-state index in [9.17, 15) is 9.59 Å². The average Bonchev–Trinajstić information content (AvgIpc) is 3.41. The van der Waals surface area contributed by atoms with Gasteiger partial charge in [0.1, 0.15) is 5.75 Å². The minimum absolute atomic E-state index is 0.290. The number of hydrogen-bond donors (Lipinski definition) is 1. The van der Waals surface area contributed by atoms with Crippen LogP contribution in [0.4, 0.5) is 0 Å². The molecule has 0 aliphatic carbocycles. The number of imide groups is 1. The molecule has 2 aromatic carbocycles. The van der Waals surface area contributed by atoms with Crippen LogP contribution in [0.15, 0.2) is 48.8 Å². The van der Waals surface area contributed by atoms with E-state index in [4.69, 9.17) is 21.6 Å². The Kier molecular flexibility index (Phi) is 4.95. The molecule has 3 heterocycles. The number of nitrogens with zero attached hydrogens (tertiary/aromatic N) is 3. The SMILES string of the molecule is COc1ccc2c(c1)c(C1=C(c3cn(CCC#N)c4ccc(Cl)cc34)C(=O)NC1=O)cn2C. The highest BCUT2D eigenvalue weighted by Gasteiger charge is 2.35. The third kappa shape index (κ3) is 3.27. The number of hydrogen-bond acceptors (Lipinski definition) is 4. The van der Waals surface area contributed by atoms with E-state index >= 15 is 0 Å². The number of ether oxygens (including phenoxy) is 1. The molecule has 0 bridgehead atoms. The lowest BCUT2D eigenvalue weighted by molar-refractivity contribution is -0.122. The first kappa shape index (κ1) is 20.9. The quantitative estimate of drug-likeness (QED) is 0.452. The number of methoxy groups -OCH3 is 1. The highest BCUT2D eigenvalue weighted by Crippen LogP contribution is 2.40. The van der Waals surface area contributed by atoms with E-state index in [-0.39, 0.29) is 0 Å². The fraction of sp³-hybridized carbons (Fsp3) is 0.160. The van der Waals surface area contributed by atoms with Gasteiger partial charge in [-0.2, -0.15) is 5.26 Å². The van der Waals surface area contributed by atoms with Gasteiger partial charge in [-0.1, -0.05) is 11.6 Å². The number of rotatable bonds is 5. The summed E-state index contributed by atoms with van der Waals surface area (Å²) in [6.07, 6.45) is 3.98. The van der Waals surface area contributed by atoms with Gasteiger partial charge in [-0.25, -0.2) is 0 Å². The molecule has 0 radical (unpaired) electrons. The van der Waals surface area contributed by atoms with Crippen molar-refractivity contribution in [2.24, 2.45) is 7.05 Å². The van der Waals surface area contributed by atoms with Crippen LogP contribution in [0.5, 0.6) is 5.75 Å². The summed E-state index contributed by atoms with van der Waals surface area (Å²) < 4.78 is 9.21. The van der Waals surface area contributed by atoms with Crippen LogP contribution >= 0.6 is 11.6 Å². The molecular weight excluding hydrogens is 440 g/mol. The lowest BCUT2D eigenvalue weighted by Gasteiger charge is -2.04. The first-order valence-corrected chi connectivity index (χ1v) is 10.7. The molecule has 1 aliphatic heterocycles. The molecule has 5 rings (SSSR count). The van der Waals surface area contributed by atoms with E-state index in [1.54, 1.807) is 19.2 Å². The molecule has 164 valence electrons. The Bertz CT molecular complexity index is 1550. The summed E-state index contributed by atoms with van der Waals surface area (Å²) in [5.74, 6) is -0.263. The number of amides is 2. The van der Waals surface area contributed by atoms with E-state index < -0.39 is 11.8 Å². The lowest BCUT2D eigenvalue weighted by atomic mass is 9.95. The second-order valence-electron chi connectivity index (χ2n) is 7.88. The Morgan fingerprint density at radius 1 is 1.00 bits per heavy atom. The first-order chi connectivity index (χ1) is 15.9. The molecule has 0 unspecified atom stereocenters. The Balaban J connectivity index is 1.83. The van der Waals surface area contributed by atoms with Crippen LogP contribution in [0.1, 0.15) is 17.5 Å². The van der Waals surface area contributed by atoms with Crippen molar-refractivity contribution in [3.63, 3.8) is 0 Å². The smallest absolute Gasteiger partial charge is 0.259 e. The molecule has 2 amide bonds. The van der Waals surface area contributed by atoms with Crippen molar-refractivity contribution >= 4 is 56.4 Å². The van der Waals surface area contributed by atoms with E-state index in [1.165, 1.54) is 0 Å². The van der Waals surface area contributed by atoms with Gasteiger partial charge in [-0.3, -0.25) is 14.9 Å². The van der Waals surface area contributed by atoms with Crippen molar-refractivity contribution in [2.75, 3.05) is 7.11 Å². The van der Waals surface area contributed by atoms with Crippen molar-refractivity contribution < 1.29 is 14.3 Å². The van der Waals surface area contributed by atoms with Crippen LogP contribution in [0.25, 0.3) is 33.0 Å². The van der Waals surface area contributed by atoms with E-state index in [2.05, 4.69) is 11.4 Å². The molecule has 0 atom stereocenters. The fourth-order valence-corrected chi connectivity index (χ4v) is 4.66. The number of benzene rings is 2. The zero-order chi connectivity index (χ0) is 23.3. The standard InChI is InChI=1S/C25H19ClN4O3/c1-29-12-18(17-11-15(33-2)5-7-20(17)29)22-23(25(32)28-24(22)31)19-13-30(9-3-8-27)21-6-4-14(26)10-16(19)21/h4-7,10-13H,3,9H2,1-2H3,(H,28,31,32). The molecule has 1 N–H and O–H groups in total. The van der Waals surface area contributed by atoms with Crippen molar-refractivity contribution in [1.29, 1.82) is 5.26 Å². The zero-order valence-electron chi connectivity index (χ0n) is 18.0. The molecule has 7 nitrogen and oxygen atoms in total. The summed E-state index contributed by atoms with van der Waals surface area (Å²) in [6, 6.07) is 13.2. The number of halogens is 1.